The number of aliphatic hydroxyl groups excluding tert-OH is 1. The van der Waals surface area contributed by atoms with E-state index in [0.29, 0.717) is 6.42 Å². The van der Waals surface area contributed by atoms with Gasteiger partial charge in [-0.25, -0.2) is 0 Å². The van der Waals surface area contributed by atoms with Gasteiger partial charge >= 0.3 is 0 Å². The fourth-order valence-electron chi connectivity index (χ4n) is 1.85. The molecule has 0 unspecified atom stereocenters. The normalized spacial score (nSPS) is 12.3. The van der Waals surface area contributed by atoms with Crippen molar-refractivity contribution in [1.82, 2.24) is 0 Å². The van der Waals surface area contributed by atoms with Crippen LogP contribution in [0.2, 0.25) is 0 Å². The zero-order valence-corrected chi connectivity index (χ0v) is 10.7. The van der Waals surface area contributed by atoms with Crippen LogP contribution >= 0.6 is 0 Å². The van der Waals surface area contributed by atoms with Gasteiger partial charge in [-0.1, -0.05) is 0 Å². The monoisotopic (exact) mass is 239 g/mol. The van der Waals surface area contributed by atoms with Gasteiger partial charge in [-0.15, -0.1) is 0 Å². The van der Waals surface area contributed by atoms with Crippen molar-refractivity contribution in [3.8, 4) is 11.5 Å². The van der Waals surface area contributed by atoms with Crippen LogP contribution in [-0.4, -0.2) is 32.0 Å². The van der Waals surface area contributed by atoms with Crippen LogP contribution in [0.25, 0.3) is 0 Å². The van der Waals surface area contributed by atoms with Crippen LogP contribution in [-0.2, 0) is 12.8 Å². The molecule has 1 atom stereocenters. The van der Waals surface area contributed by atoms with Crippen molar-refractivity contribution in [1.29, 1.82) is 0 Å². The van der Waals surface area contributed by atoms with Crippen LogP contribution in [0.15, 0.2) is 12.1 Å². The van der Waals surface area contributed by atoms with Gasteiger partial charge in [0.15, 0.2) is 0 Å². The summed E-state index contributed by atoms with van der Waals surface area (Å²) in [5.74, 6) is 1.57. The van der Waals surface area contributed by atoms with E-state index in [0.717, 1.165) is 29.0 Å². The molecule has 0 amide bonds. The largest absolute Gasteiger partial charge is 0.496 e. The van der Waals surface area contributed by atoms with Gasteiger partial charge in [0.1, 0.15) is 11.5 Å². The second-order valence-corrected chi connectivity index (χ2v) is 4.13. The first-order valence-electron chi connectivity index (χ1n) is 5.72. The third-order valence-electron chi connectivity index (χ3n) is 2.61. The molecule has 0 radical (unpaired) electrons. The molecular formula is C13H21NO3. The van der Waals surface area contributed by atoms with Gasteiger partial charge < -0.3 is 20.3 Å². The van der Waals surface area contributed by atoms with Gasteiger partial charge in [-0.05, 0) is 37.5 Å². The van der Waals surface area contributed by atoms with Crippen molar-refractivity contribution in [2.45, 2.75) is 25.8 Å². The topological polar surface area (TPSA) is 64.7 Å². The third-order valence-corrected chi connectivity index (χ3v) is 2.61. The van der Waals surface area contributed by atoms with Crippen LogP contribution in [0, 0.1) is 0 Å². The molecule has 0 aliphatic rings. The van der Waals surface area contributed by atoms with Gasteiger partial charge in [-0.2, -0.15) is 0 Å². The molecule has 1 rings (SSSR count). The van der Waals surface area contributed by atoms with E-state index in [1.807, 2.05) is 19.1 Å². The fraction of sp³-hybridized carbons (Fsp3) is 0.538. The summed E-state index contributed by atoms with van der Waals surface area (Å²) in [5.41, 5.74) is 7.77. The van der Waals surface area contributed by atoms with E-state index in [1.54, 1.807) is 14.2 Å². The highest BCUT2D eigenvalue weighted by Crippen LogP contribution is 2.29. The predicted octanol–water partition coefficient (Wildman–Crippen LogP) is 1.13. The van der Waals surface area contributed by atoms with Crippen molar-refractivity contribution in [3.05, 3.63) is 23.3 Å². The Bertz CT molecular complexity index is 364. The highest BCUT2D eigenvalue weighted by molar-refractivity contribution is 5.47. The van der Waals surface area contributed by atoms with Crippen molar-refractivity contribution in [3.63, 3.8) is 0 Å². The minimum atomic E-state index is 0.0669. The Morgan fingerprint density at radius 1 is 1.18 bits per heavy atom. The van der Waals surface area contributed by atoms with Crippen LogP contribution < -0.4 is 15.2 Å². The molecule has 3 N–H and O–H groups in total. The maximum Gasteiger partial charge on any atom is 0.122 e. The average Bonchev–Trinajstić information content (AvgIpc) is 2.30. The summed E-state index contributed by atoms with van der Waals surface area (Å²) in [6.45, 7) is 2.04. The van der Waals surface area contributed by atoms with E-state index in [-0.39, 0.29) is 12.6 Å². The molecule has 96 valence electrons. The Labute approximate surface area is 102 Å². The molecular weight excluding hydrogens is 218 g/mol. The van der Waals surface area contributed by atoms with Gasteiger partial charge in [0.05, 0.1) is 14.2 Å². The highest BCUT2D eigenvalue weighted by Gasteiger charge is 2.12. The SMILES string of the molecule is COc1cc(C[C@@H](C)N)c(OC)cc1CCO. The van der Waals surface area contributed by atoms with Crippen molar-refractivity contribution >= 4 is 0 Å². The Morgan fingerprint density at radius 2 is 1.71 bits per heavy atom. The summed E-state index contributed by atoms with van der Waals surface area (Å²) in [4.78, 5) is 0. The highest BCUT2D eigenvalue weighted by atomic mass is 16.5. The number of rotatable bonds is 6. The first kappa shape index (κ1) is 13.8. The second-order valence-electron chi connectivity index (χ2n) is 4.13. The lowest BCUT2D eigenvalue weighted by Crippen LogP contribution is -2.18. The molecule has 0 aromatic heterocycles. The smallest absolute Gasteiger partial charge is 0.122 e. The number of ether oxygens (including phenoxy) is 2. The van der Waals surface area contributed by atoms with Crippen molar-refractivity contribution in [2.75, 3.05) is 20.8 Å². The van der Waals surface area contributed by atoms with E-state index in [2.05, 4.69) is 0 Å². The Morgan fingerprint density at radius 3 is 2.18 bits per heavy atom. The van der Waals surface area contributed by atoms with E-state index in [1.165, 1.54) is 0 Å². The molecule has 0 spiro atoms. The number of hydrogen-bond acceptors (Lipinski definition) is 4. The zero-order chi connectivity index (χ0) is 12.8. The molecule has 0 heterocycles. The number of hydrogen-bond donors (Lipinski definition) is 2. The molecule has 4 heteroatoms. The molecule has 0 aliphatic carbocycles. The van der Waals surface area contributed by atoms with Crippen molar-refractivity contribution < 1.29 is 14.6 Å². The molecule has 1 aromatic rings. The van der Waals surface area contributed by atoms with E-state index < -0.39 is 0 Å². The zero-order valence-electron chi connectivity index (χ0n) is 10.7. The molecule has 1 aromatic carbocycles. The van der Waals surface area contributed by atoms with Crippen molar-refractivity contribution in [2.24, 2.45) is 5.73 Å². The summed E-state index contributed by atoms with van der Waals surface area (Å²) in [7, 11) is 3.26. The summed E-state index contributed by atoms with van der Waals surface area (Å²) < 4.78 is 10.7. The van der Waals surface area contributed by atoms with Crippen LogP contribution in [0.4, 0.5) is 0 Å². The number of benzene rings is 1. The maximum atomic E-state index is 9.00. The number of nitrogens with two attached hydrogens (primary N) is 1. The standard InChI is InChI=1S/C13H21NO3/c1-9(14)6-11-8-12(16-2)10(4-5-15)7-13(11)17-3/h7-9,15H,4-6,14H2,1-3H3/t9-/m1/s1. The van der Waals surface area contributed by atoms with E-state index in [9.17, 15) is 0 Å². The van der Waals surface area contributed by atoms with E-state index in [4.69, 9.17) is 20.3 Å². The van der Waals surface area contributed by atoms with Gasteiger partial charge in [0.2, 0.25) is 0 Å². The lowest BCUT2D eigenvalue weighted by molar-refractivity contribution is 0.296. The van der Waals surface area contributed by atoms with Crippen LogP contribution in [0.5, 0.6) is 11.5 Å². The molecule has 0 bridgehead atoms. The van der Waals surface area contributed by atoms with Crippen LogP contribution in [0.1, 0.15) is 18.1 Å². The third kappa shape index (κ3) is 3.61. The molecule has 17 heavy (non-hydrogen) atoms. The lowest BCUT2D eigenvalue weighted by atomic mass is 10.0. The minimum absolute atomic E-state index is 0.0669. The average molecular weight is 239 g/mol. The molecule has 0 aliphatic heterocycles. The Kier molecular flexibility index (Phi) is 5.25. The maximum absolute atomic E-state index is 9.00. The molecule has 0 fully saturated rings. The molecule has 0 saturated heterocycles. The summed E-state index contributed by atoms with van der Waals surface area (Å²) in [6.07, 6.45) is 1.29. The fourth-order valence-corrected chi connectivity index (χ4v) is 1.85. The molecule has 4 nitrogen and oxygen atoms in total. The lowest BCUT2D eigenvalue weighted by Gasteiger charge is -2.15. The second kappa shape index (κ2) is 6.47. The van der Waals surface area contributed by atoms with Gasteiger partial charge in [0.25, 0.3) is 0 Å². The summed E-state index contributed by atoms with van der Waals surface area (Å²) >= 11 is 0. The Hall–Kier alpha value is -1.26. The quantitative estimate of drug-likeness (QED) is 0.781. The van der Waals surface area contributed by atoms with E-state index >= 15 is 0 Å². The van der Waals surface area contributed by atoms with Gasteiger partial charge in [-0.3, -0.25) is 0 Å². The summed E-state index contributed by atoms with van der Waals surface area (Å²) in [6, 6.07) is 3.91. The predicted molar refractivity (Wildman–Crippen MR) is 67.7 cm³/mol. The Balaban J connectivity index is 3.12. The number of aliphatic hydroxyl groups is 1. The van der Waals surface area contributed by atoms with Gasteiger partial charge in [0, 0.05) is 18.2 Å². The first-order chi connectivity index (χ1) is 8.12. The minimum Gasteiger partial charge on any atom is -0.496 e. The first-order valence-corrected chi connectivity index (χ1v) is 5.72. The van der Waals surface area contributed by atoms with Crippen LogP contribution in [0.3, 0.4) is 0 Å². The number of methoxy groups -OCH3 is 2. The summed E-state index contributed by atoms with van der Waals surface area (Å²) in [5, 5.41) is 9.00. The molecule has 0 saturated carbocycles.